The van der Waals surface area contributed by atoms with Crippen LogP contribution in [0.4, 0.5) is 11.6 Å². The third kappa shape index (κ3) is 3.54. The highest BCUT2D eigenvalue weighted by molar-refractivity contribution is 5.47. The van der Waals surface area contributed by atoms with Gasteiger partial charge >= 0.3 is 0 Å². The number of nitrogens with zero attached hydrogens (tertiary/aromatic N) is 2. The second kappa shape index (κ2) is 6.51. The van der Waals surface area contributed by atoms with Gasteiger partial charge in [-0.3, -0.25) is 0 Å². The molecule has 0 saturated carbocycles. The molecule has 0 spiro atoms. The van der Waals surface area contributed by atoms with Gasteiger partial charge in [-0.25, -0.2) is 9.97 Å². The van der Waals surface area contributed by atoms with Crippen LogP contribution in [-0.4, -0.2) is 43.4 Å². The highest BCUT2D eigenvalue weighted by Crippen LogP contribution is 2.16. The molecule has 0 aromatic carbocycles. The molecule has 1 aliphatic heterocycles. The number of ether oxygens (including phenoxy) is 2. The van der Waals surface area contributed by atoms with E-state index in [1.54, 1.807) is 7.11 Å². The van der Waals surface area contributed by atoms with Gasteiger partial charge in [0.1, 0.15) is 18.2 Å². The molecule has 18 heavy (non-hydrogen) atoms. The first kappa shape index (κ1) is 13.0. The maximum Gasteiger partial charge on any atom is 0.158 e. The largest absolute Gasteiger partial charge is 0.381 e. The number of anilines is 2. The molecule has 2 heterocycles. The van der Waals surface area contributed by atoms with E-state index < -0.39 is 0 Å². The standard InChI is InChI=1S/C12H20N4O2/c1-13-10-7-11(16-12(15-10)8-17-2)14-9-3-5-18-6-4-9/h7,9H,3-6,8H2,1-2H3,(H2,13,14,15,16). The van der Waals surface area contributed by atoms with Crippen LogP contribution < -0.4 is 10.6 Å². The highest BCUT2D eigenvalue weighted by atomic mass is 16.5. The molecule has 0 bridgehead atoms. The first-order valence-corrected chi connectivity index (χ1v) is 6.20. The Labute approximate surface area is 107 Å². The van der Waals surface area contributed by atoms with Crippen LogP contribution in [0.1, 0.15) is 18.7 Å². The van der Waals surface area contributed by atoms with E-state index in [4.69, 9.17) is 9.47 Å². The van der Waals surface area contributed by atoms with Crippen LogP contribution in [-0.2, 0) is 16.1 Å². The van der Waals surface area contributed by atoms with Crippen molar-refractivity contribution in [2.75, 3.05) is 38.0 Å². The van der Waals surface area contributed by atoms with Gasteiger partial charge in [-0.05, 0) is 12.8 Å². The molecule has 6 heteroatoms. The summed E-state index contributed by atoms with van der Waals surface area (Å²) in [5.41, 5.74) is 0. The van der Waals surface area contributed by atoms with E-state index in [1.807, 2.05) is 13.1 Å². The third-order valence-electron chi connectivity index (χ3n) is 2.88. The predicted molar refractivity (Wildman–Crippen MR) is 69.8 cm³/mol. The van der Waals surface area contributed by atoms with Crippen LogP contribution in [0.25, 0.3) is 0 Å². The average molecular weight is 252 g/mol. The van der Waals surface area contributed by atoms with Gasteiger partial charge in [0, 0.05) is 39.5 Å². The summed E-state index contributed by atoms with van der Waals surface area (Å²) in [6.45, 7) is 2.04. The third-order valence-corrected chi connectivity index (χ3v) is 2.88. The van der Waals surface area contributed by atoms with E-state index in [-0.39, 0.29) is 0 Å². The van der Waals surface area contributed by atoms with Gasteiger partial charge in [0.15, 0.2) is 5.82 Å². The number of methoxy groups -OCH3 is 1. The maximum atomic E-state index is 5.34. The van der Waals surface area contributed by atoms with E-state index in [0.29, 0.717) is 18.5 Å². The fraction of sp³-hybridized carbons (Fsp3) is 0.667. The molecule has 6 nitrogen and oxygen atoms in total. The summed E-state index contributed by atoms with van der Waals surface area (Å²) < 4.78 is 10.4. The van der Waals surface area contributed by atoms with Crippen molar-refractivity contribution >= 4 is 11.6 Å². The first-order valence-electron chi connectivity index (χ1n) is 6.20. The number of aromatic nitrogens is 2. The Morgan fingerprint density at radius 3 is 2.72 bits per heavy atom. The average Bonchev–Trinajstić information content (AvgIpc) is 2.40. The minimum Gasteiger partial charge on any atom is -0.381 e. The minimum atomic E-state index is 0.415. The molecular formula is C12H20N4O2. The highest BCUT2D eigenvalue weighted by Gasteiger charge is 2.14. The van der Waals surface area contributed by atoms with Crippen molar-refractivity contribution in [2.45, 2.75) is 25.5 Å². The minimum absolute atomic E-state index is 0.415. The normalized spacial score (nSPS) is 16.6. The van der Waals surface area contributed by atoms with E-state index in [2.05, 4.69) is 20.6 Å². The molecular weight excluding hydrogens is 232 g/mol. The van der Waals surface area contributed by atoms with Gasteiger partial charge in [-0.15, -0.1) is 0 Å². The lowest BCUT2D eigenvalue weighted by atomic mass is 10.1. The van der Waals surface area contributed by atoms with Crippen molar-refractivity contribution in [3.05, 3.63) is 11.9 Å². The summed E-state index contributed by atoms with van der Waals surface area (Å²) in [5.74, 6) is 2.32. The Hall–Kier alpha value is -1.40. The zero-order valence-corrected chi connectivity index (χ0v) is 10.9. The van der Waals surface area contributed by atoms with Gasteiger partial charge in [0.05, 0.1) is 0 Å². The lowest BCUT2D eigenvalue weighted by molar-refractivity contribution is 0.0903. The number of nitrogens with one attached hydrogen (secondary N) is 2. The van der Waals surface area contributed by atoms with Crippen LogP contribution in [0.3, 0.4) is 0 Å². The molecule has 2 rings (SSSR count). The molecule has 100 valence electrons. The van der Waals surface area contributed by atoms with Crippen molar-refractivity contribution in [3.63, 3.8) is 0 Å². The SMILES string of the molecule is CNc1cc(NC2CCOCC2)nc(COC)n1. The molecule has 0 radical (unpaired) electrons. The molecule has 0 aliphatic carbocycles. The maximum absolute atomic E-state index is 5.34. The molecule has 0 unspecified atom stereocenters. The van der Waals surface area contributed by atoms with Crippen molar-refractivity contribution in [2.24, 2.45) is 0 Å². The van der Waals surface area contributed by atoms with Crippen molar-refractivity contribution in [1.29, 1.82) is 0 Å². The molecule has 0 atom stereocenters. The van der Waals surface area contributed by atoms with E-state index in [0.717, 1.165) is 37.7 Å². The van der Waals surface area contributed by atoms with Gasteiger partial charge < -0.3 is 20.1 Å². The number of hydrogen-bond acceptors (Lipinski definition) is 6. The summed E-state index contributed by atoms with van der Waals surface area (Å²) in [4.78, 5) is 8.76. The van der Waals surface area contributed by atoms with Gasteiger partial charge in [0.2, 0.25) is 0 Å². The Balaban J connectivity index is 2.07. The topological polar surface area (TPSA) is 68.3 Å². The molecule has 1 aromatic rings. The summed E-state index contributed by atoms with van der Waals surface area (Å²) in [5, 5.41) is 6.46. The first-order chi connectivity index (χ1) is 8.81. The van der Waals surface area contributed by atoms with Crippen molar-refractivity contribution < 1.29 is 9.47 Å². The van der Waals surface area contributed by atoms with Gasteiger partial charge in [0.25, 0.3) is 0 Å². The van der Waals surface area contributed by atoms with Gasteiger partial charge in [-0.1, -0.05) is 0 Å². The summed E-state index contributed by atoms with van der Waals surface area (Å²) in [6.07, 6.45) is 2.02. The van der Waals surface area contributed by atoms with Crippen LogP contribution in [0.5, 0.6) is 0 Å². The van der Waals surface area contributed by atoms with E-state index in [1.165, 1.54) is 0 Å². The fourth-order valence-electron chi connectivity index (χ4n) is 1.94. The van der Waals surface area contributed by atoms with Crippen LogP contribution >= 0.6 is 0 Å². The zero-order chi connectivity index (χ0) is 12.8. The lowest BCUT2D eigenvalue weighted by Gasteiger charge is -2.23. The number of hydrogen-bond donors (Lipinski definition) is 2. The fourth-order valence-corrected chi connectivity index (χ4v) is 1.94. The molecule has 2 N–H and O–H groups in total. The smallest absolute Gasteiger partial charge is 0.158 e. The Morgan fingerprint density at radius 1 is 1.33 bits per heavy atom. The lowest BCUT2D eigenvalue weighted by Crippen LogP contribution is -2.28. The second-order valence-corrected chi connectivity index (χ2v) is 4.27. The summed E-state index contributed by atoms with van der Waals surface area (Å²) in [7, 11) is 3.48. The molecule has 1 aromatic heterocycles. The second-order valence-electron chi connectivity index (χ2n) is 4.27. The van der Waals surface area contributed by atoms with Gasteiger partial charge in [-0.2, -0.15) is 0 Å². The quantitative estimate of drug-likeness (QED) is 0.822. The molecule has 1 saturated heterocycles. The van der Waals surface area contributed by atoms with Crippen LogP contribution in [0.2, 0.25) is 0 Å². The Kier molecular flexibility index (Phi) is 4.72. The van der Waals surface area contributed by atoms with Crippen LogP contribution in [0.15, 0.2) is 6.07 Å². The molecule has 1 aliphatic rings. The molecule has 0 amide bonds. The molecule has 1 fully saturated rings. The predicted octanol–water partition coefficient (Wildman–Crippen LogP) is 1.26. The van der Waals surface area contributed by atoms with E-state index in [9.17, 15) is 0 Å². The van der Waals surface area contributed by atoms with Crippen molar-refractivity contribution in [1.82, 2.24) is 9.97 Å². The Bertz CT molecular complexity index is 380. The monoisotopic (exact) mass is 252 g/mol. The zero-order valence-electron chi connectivity index (χ0n) is 10.9. The van der Waals surface area contributed by atoms with E-state index >= 15 is 0 Å². The number of rotatable bonds is 5. The summed E-state index contributed by atoms with van der Waals surface area (Å²) in [6, 6.07) is 2.34. The van der Waals surface area contributed by atoms with Crippen molar-refractivity contribution in [3.8, 4) is 0 Å². The summed E-state index contributed by atoms with van der Waals surface area (Å²) >= 11 is 0. The Morgan fingerprint density at radius 2 is 2.06 bits per heavy atom. The van der Waals surface area contributed by atoms with Crippen LogP contribution in [0, 0.1) is 0 Å².